The number of aromatic amines is 1. The lowest BCUT2D eigenvalue weighted by Crippen LogP contribution is -2.02. The number of hydrogen-bond donors (Lipinski definition) is 2. The van der Waals surface area contributed by atoms with Gasteiger partial charge in [0.15, 0.2) is 5.78 Å². The van der Waals surface area contributed by atoms with E-state index in [0.717, 1.165) is 5.56 Å². The Labute approximate surface area is 165 Å². The van der Waals surface area contributed by atoms with Crippen LogP contribution in [0.4, 0.5) is 10.3 Å². The van der Waals surface area contributed by atoms with E-state index in [-0.39, 0.29) is 17.4 Å². The molecule has 0 saturated heterocycles. The number of thioether (sulfide) groups is 1. The standard InChI is InChI=1S/C19H18FN5O2S/c1-12(13-3-7-15(20)8-4-13)22-23-18-21-19(25-24-18)28-11-17(26)14-5-9-16(27-2)10-6-14/h3-10H,11H2,1-2H3,(H2,21,23,24,25)/b22-12+. The van der Waals surface area contributed by atoms with Crippen molar-refractivity contribution in [3.05, 3.63) is 65.5 Å². The van der Waals surface area contributed by atoms with Crippen LogP contribution < -0.4 is 10.2 Å². The Balaban J connectivity index is 1.54. The van der Waals surface area contributed by atoms with Crippen molar-refractivity contribution >= 4 is 29.2 Å². The molecule has 3 aromatic rings. The highest BCUT2D eigenvalue weighted by Crippen LogP contribution is 2.18. The summed E-state index contributed by atoms with van der Waals surface area (Å²) in [4.78, 5) is 16.5. The number of halogens is 1. The SMILES string of the molecule is COc1ccc(C(=O)CSc2n[nH]c(N/N=C(\C)c3ccc(F)cc3)n2)cc1. The highest BCUT2D eigenvalue weighted by atomic mass is 32.2. The topological polar surface area (TPSA) is 92.3 Å². The van der Waals surface area contributed by atoms with Gasteiger partial charge in [0, 0.05) is 5.56 Å². The number of nitrogens with one attached hydrogen (secondary N) is 2. The summed E-state index contributed by atoms with van der Waals surface area (Å²) < 4.78 is 18.0. The Morgan fingerprint density at radius 3 is 2.54 bits per heavy atom. The molecule has 0 fully saturated rings. The Bertz CT molecular complexity index is 971. The van der Waals surface area contributed by atoms with Crippen molar-refractivity contribution in [3.8, 4) is 5.75 Å². The molecule has 3 rings (SSSR count). The van der Waals surface area contributed by atoms with E-state index in [1.165, 1.54) is 23.9 Å². The highest BCUT2D eigenvalue weighted by molar-refractivity contribution is 7.99. The lowest BCUT2D eigenvalue weighted by Gasteiger charge is -2.02. The Kier molecular flexibility index (Phi) is 6.38. The van der Waals surface area contributed by atoms with Gasteiger partial charge in [0.2, 0.25) is 11.1 Å². The van der Waals surface area contributed by atoms with Crippen LogP contribution in [-0.4, -0.2) is 39.5 Å². The van der Waals surface area contributed by atoms with Gasteiger partial charge in [0.25, 0.3) is 0 Å². The lowest BCUT2D eigenvalue weighted by atomic mass is 10.1. The van der Waals surface area contributed by atoms with Gasteiger partial charge in [-0.25, -0.2) is 14.9 Å². The first kappa shape index (κ1) is 19.6. The van der Waals surface area contributed by atoms with E-state index in [1.807, 2.05) is 0 Å². The fourth-order valence-electron chi connectivity index (χ4n) is 2.24. The van der Waals surface area contributed by atoms with E-state index in [2.05, 4.69) is 25.7 Å². The molecule has 1 heterocycles. The third-order valence-corrected chi connectivity index (χ3v) is 4.65. The second-order valence-electron chi connectivity index (χ2n) is 5.72. The number of carbonyl (C=O) groups is 1. The first-order chi connectivity index (χ1) is 13.5. The number of carbonyl (C=O) groups excluding carboxylic acids is 1. The summed E-state index contributed by atoms with van der Waals surface area (Å²) in [7, 11) is 1.58. The minimum atomic E-state index is -0.300. The molecule has 9 heteroatoms. The number of hydrazone groups is 1. The van der Waals surface area contributed by atoms with Gasteiger partial charge in [-0.3, -0.25) is 4.79 Å². The minimum absolute atomic E-state index is 0.0304. The van der Waals surface area contributed by atoms with Crippen molar-refractivity contribution in [2.75, 3.05) is 18.3 Å². The van der Waals surface area contributed by atoms with Crippen LogP contribution in [0.3, 0.4) is 0 Å². The molecule has 0 bridgehead atoms. The average Bonchev–Trinajstić information content (AvgIpc) is 3.18. The van der Waals surface area contributed by atoms with Crippen molar-refractivity contribution < 1.29 is 13.9 Å². The van der Waals surface area contributed by atoms with Gasteiger partial charge in [-0.1, -0.05) is 23.9 Å². The Morgan fingerprint density at radius 1 is 1.18 bits per heavy atom. The molecule has 28 heavy (non-hydrogen) atoms. The average molecular weight is 399 g/mol. The molecule has 2 aromatic carbocycles. The minimum Gasteiger partial charge on any atom is -0.497 e. The zero-order valence-electron chi connectivity index (χ0n) is 15.3. The van der Waals surface area contributed by atoms with Crippen LogP contribution in [0.1, 0.15) is 22.8 Å². The number of H-pyrrole nitrogens is 1. The second-order valence-corrected chi connectivity index (χ2v) is 6.67. The van der Waals surface area contributed by atoms with Crippen LogP contribution in [0.25, 0.3) is 0 Å². The predicted octanol–water partition coefficient (Wildman–Crippen LogP) is 3.76. The van der Waals surface area contributed by atoms with Gasteiger partial charge >= 0.3 is 0 Å². The zero-order valence-corrected chi connectivity index (χ0v) is 16.1. The lowest BCUT2D eigenvalue weighted by molar-refractivity contribution is 0.102. The van der Waals surface area contributed by atoms with Crippen LogP contribution in [0.15, 0.2) is 58.8 Å². The van der Waals surface area contributed by atoms with Gasteiger partial charge in [-0.2, -0.15) is 10.1 Å². The van der Waals surface area contributed by atoms with Crippen molar-refractivity contribution in [2.45, 2.75) is 12.1 Å². The maximum absolute atomic E-state index is 13.0. The summed E-state index contributed by atoms with van der Waals surface area (Å²) >= 11 is 1.22. The molecule has 7 nitrogen and oxygen atoms in total. The summed E-state index contributed by atoms with van der Waals surface area (Å²) in [5.74, 6) is 0.926. The fourth-order valence-corrected chi connectivity index (χ4v) is 2.94. The van der Waals surface area contributed by atoms with Gasteiger partial charge in [0.1, 0.15) is 11.6 Å². The maximum Gasteiger partial charge on any atom is 0.240 e. The molecule has 0 radical (unpaired) electrons. The van der Waals surface area contributed by atoms with Crippen molar-refractivity contribution in [1.29, 1.82) is 0 Å². The van der Waals surface area contributed by atoms with Crippen molar-refractivity contribution in [3.63, 3.8) is 0 Å². The van der Waals surface area contributed by atoms with Crippen LogP contribution in [0.5, 0.6) is 5.75 Å². The van der Waals surface area contributed by atoms with E-state index < -0.39 is 0 Å². The van der Waals surface area contributed by atoms with E-state index in [9.17, 15) is 9.18 Å². The van der Waals surface area contributed by atoms with E-state index in [1.54, 1.807) is 50.4 Å². The molecule has 0 atom stereocenters. The zero-order chi connectivity index (χ0) is 19.9. The molecule has 0 saturated carbocycles. The van der Waals surface area contributed by atoms with Gasteiger partial charge in [-0.05, 0) is 48.9 Å². The number of benzene rings is 2. The van der Waals surface area contributed by atoms with Crippen LogP contribution in [0.2, 0.25) is 0 Å². The van der Waals surface area contributed by atoms with E-state index >= 15 is 0 Å². The molecule has 0 aliphatic carbocycles. The summed E-state index contributed by atoms with van der Waals surface area (Å²) in [5.41, 5.74) is 4.81. The molecule has 0 aliphatic heterocycles. The van der Waals surface area contributed by atoms with Crippen LogP contribution in [0, 0.1) is 5.82 Å². The quantitative estimate of drug-likeness (QED) is 0.259. The number of nitrogens with zero attached hydrogens (tertiary/aromatic N) is 3. The number of ketones is 1. The van der Waals surface area contributed by atoms with Crippen LogP contribution >= 0.6 is 11.8 Å². The number of Topliss-reactive ketones (excluding diaryl/α,β-unsaturated/α-hetero) is 1. The van der Waals surface area contributed by atoms with Gasteiger partial charge < -0.3 is 4.74 Å². The Hall–Kier alpha value is -3.20. The molecule has 0 unspecified atom stereocenters. The van der Waals surface area contributed by atoms with E-state index in [0.29, 0.717) is 28.1 Å². The summed E-state index contributed by atoms with van der Waals surface area (Å²) in [6.07, 6.45) is 0. The molecule has 2 N–H and O–H groups in total. The molecule has 0 aliphatic rings. The Morgan fingerprint density at radius 2 is 1.86 bits per heavy atom. The molecule has 0 spiro atoms. The maximum atomic E-state index is 13.0. The predicted molar refractivity (Wildman–Crippen MR) is 107 cm³/mol. The van der Waals surface area contributed by atoms with Crippen molar-refractivity contribution in [2.24, 2.45) is 5.10 Å². The molecular formula is C19H18FN5O2S. The molecule has 1 aromatic heterocycles. The first-order valence-corrected chi connectivity index (χ1v) is 9.32. The number of methoxy groups -OCH3 is 1. The molecular weight excluding hydrogens is 381 g/mol. The molecule has 0 amide bonds. The molecule has 144 valence electrons. The van der Waals surface area contributed by atoms with Crippen molar-refractivity contribution in [1.82, 2.24) is 15.2 Å². The number of anilines is 1. The summed E-state index contributed by atoms with van der Waals surface area (Å²) in [6, 6.07) is 13.0. The van der Waals surface area contributed by atoms with Gasteiger partial charge in [0.05, 0.1) is 18.6 Å². The third kappa shape index (κ3) is 5.17. The number of ether oxygens (including phenoxy) is 1. The monoisotopic (exact) mass is 399 g/mol. The van der Waals surface area contributed by atoms with Gasteiger partial charge in [-0.15, -0.1) is 5.10 Å². The second kappa shape index (κ2) is 9.14. The smallest absolute Gasteiger partial charge is 0.240 e. The normalized spacial score (nSPS) is 11.3. The third-order valence-electron chi connectivity index (χ3n) is 3.80. The number of rotatable bonds is 8. The number of aromatic nitrogens is 3. The first-order valence-electron chi connectivity index (χ1n) is 8.34. The fraction of sp³-hybridized carbons (Fsp3) is 0.158. The number of hydrogen-bond acceptors (Lipinski definition) is 7. The van der Waals surface area contributed by atoms with Crippen LogP contribution in [-0.2, 0) is 0 Å². The largest absolute Gasteiger partial charge is 0.497 e. The highest BCUT2D eigenvalue weighted by Gasteiger charge is 2.10. The summed E-state index contributed by atoms with van der Waals surface area (Å²) in [5, 5.41) is 11.4. The van der Waals surface area contributed by atoms with E-state index in [4.69, 9.17) is 4.74 Å². The summed E-state index contributed by atoms with van der Waals surface area (Å²) in [6.45, 7) is 1.79.